The molecule has 0 rings (SSSR count). The van der Waals surface area contributed by atoms with E-state index < -0.39 is 0 Å². The summed E-state index contributed by atoms with van der Waals surface area (Å²) >= 11 is 0. The predicted molar refractivity (Wildman–Crippen MR) is 49.7 cm³/mol. The minimum atomic E-state index is 0. The number of hydrogen-bond donors (Lipinski definition) is 2. The summed E-state index contributed by atoms with van der Waals surface area (Å²) in [5, 5.41) is 16.1. The highest BCUT2D eigenvalue weighted by atomic mass is 24.3. The van der Waals surface area contributed by atoms with Crippen molar-refractivity contribution in [3.8, 4) is 0 Å². The first-order valence-corrected chi connectivity index (χ1v) is 4.05. The van der Waals surface area contributed by atoms with Crippen LogP contribution < -0.4 is 0 Å². The number of rotatable bonds is 4. The van der Waals surface area contributed by atoms with Crippen molar-refractivity contribution in [3.05, 3.63) is 0 Å². The molecule has 0 atom stereocenters. The van der Waals surface area contributed by atoms with Crippen molar-refractivity contribution >= 4 is 23.1 Å². The van der Waals surface area contributed by atoms with E-state index in [9.17, 15) is 0 Å². The molecule has 0 heterocycles. The van der Waals surface area contributed by atoms with Crippen molar-refractivity contribution in [1.82, 2.24) is 0 Å². The molecule has 0 aliphatic rings. The molecule has 66 valence electrons. The van der Waals surface area contributed by atoms with E-state index in [4.69, 9.17) is 10.2 Å². The highest BCUT2D eigenvalue weighted by Crippen LogP contribution is 1.79. The molecule has 2 nitrogen and oxygen atoms in total. The highest BCUT2D eigenvalue weighted by Gasteiger charge is 1.69. The molecule has 2 radical (unpaired) electrons. The smallest absolute Gasteiger partial charge is 0.0430 e. The first kappa shape index (κ1) is 17.7. The largest absolute Gasteiger partial charge is 0.396 e. The molecule has 0 bridgehead atoms. The number of hydrogen-bond acceptors (Lipinski definition) is 2. The lowest BCUT2D eigenvalue weighted by Crippen LogP contribution is -1.75. The number of aliphatic hydroxyl groups excluding tert-OH is 2. The van der Waals surface area contributed by atoms with Gasteiger partial charge in [0.15, 0.2) is 0 Å². The lowest BCUT2D eigenvalue weighted by Gasteiger charge is -1.79. The molecular formula is C8H20MgO2. The van der Waals surface area contributed by atoms with Gasteiger partial charge < -0.3 is 10.2 Å². The fraction of sp³-hybridized carbons (Fsp3) is 1.00. The third-order valence-corrected chi connectivity index (χ3v) is 1.02. The van der Waals surface area contributed by atoms with E-state index in [0.717, 1.165) is 25.7 Å². The Balaban J connectivity index is -0.000000107. The van der Waals surface area contributed by atoms with Crippen molar-refractivity contribution < 1.29 is 10.2 Å². The van der Waals surface area contributed by atoms with E-state index in [-0.39, 0.29) is 23.1 Å². The molecule has 0 amide bonds. The van der Waals surface area contributed by atoms with Crippen molar-refractivity contribution in [1.29, 1.82) is 0 Å². The molecule has 0 aliphatic heterocycles. The van der Waals surface area contributed by atoms with E-state index in [1.54, 1.807) is 0 Å². The van der Waals surface area contributed by atoms with Gasteiger partial charge in [0.1, 0.15) is 0 Å². The molecule has 0 aliphatic carbocycles. The fourth-order valence-electron chi connectivity index (χ4n) is 0.316. The van der Waals surface area contributed by atoms with Gasteiger partial charge in [-0.3, -0.25) is 0 Å². The SMILES string of the molecule is CCCCO.CCCCO.[Mg]. The molecule has 0 aromatic heterocycles. The summed E-state index contributed by atoms with van der Waals surface area (Å²) in [6.07, 6.45) is 4.08. The van der Waals surface area contributed by atoms with Gasteiger partial charge in [-0.05, 0) is 12.8 Å². The zero-order valence-corrected chi connectivity index (χ0v) is 9.26. The molecule has 0 unspecified atom stereocenters. The summed E-state index contributed by atoms with van der Waals surface area (Å²) in [7, 11) is 0. The van der Waals surface area contributed by atoms with Crippen LogP contribution in [0.25, 0.3) is 0 Å². The van der Waals surface area contributed by atoms with E-state index in [1.165, 1.54) is 0 Å². The summed E-state index contributed by atoms with van der Waals surface area (Å²) in [4.78, 5) is 0. The Kier molecular flexibility index (Phi) is 36.1. The highest BCUT2D eigenvalue weighted by molar-refractivity contribution is 5.75. The second-order valence-corrected chi connectivity index (χ2v) is 2.15. The zero-order valence-electron chi connectivity index (χ0n) is 7.84. The van der Waals surface area contributed by atoms with Gasteiger partial charge in [-0.15, -0.1) is 0 Å². The van der Waals surface area contributed by atoms with Crippen LogP contribution in [-0.4, -0.2) is 46.5 Å². The van der Waals surface area contributed by atoms with Gasteiger partial charge in [-0.25, -0.2) is 0 Å². The molecule has 0 saturated carbocycles. The number of aliphatic hydroxyl groups is 2. The Morgan fingerprint density at radius 3 is 1.09 bits per heavy atom. The van der Waals surface area contributed by atoms with Crippen molar-refractivity contribution in [3.63, 3.8) is 0 Å². The third-order valence-electron chi connectivity index (χ3n) is 1.02. The second kappa shape index (κ2) is 22.4. The molecular weight excluding hydrogens is 152 g/mol. The van der Waals surface area contributed by atoms with Gasteiger partial charge >= 0.3 is 0 Å². The Labute approximate surface area is 86.2 Å². The predicted octanol–water partition coefficient (Wildman–Crippen LogP) is 1.18. The normalized spacial score (nSPS) is 7.64. The van der Waals surface area contributed by atoms with E-state index in [0.29, 0.717) is 13.2 Å². The van der Waals surface area contributed by atoms with E-state index in [1.807, 2.05) is 0 Å². The maximum atomic E-state index is 8.07. The van der Waals surface area contributed by atoms with Crippen LogP contribution in [0.15, 0.2) is 0 Å². The van der Waals surface area contributed by atoms with Gasteiger partial charge in [-0.1, -0.05) is 26.7 Å². The molecule has 2 N–H and O–H groups in total. The van der Waals surface area contributed by atoms with Crippen LogP contribution in [0.3, 0.4) is 0 Å². The lowest BCUT2D eigenvalue weighted by atomic mass is 10.4. The minimum Gasteiger partial charge on any atom is -0.396 e. The number of unbranched alkanes of at least 4 members (excludes halogenated alkanes) is 2. The summed E-state index contributed by atoms with van der Waals surface area (Å²) in [6.45, 7) is 4.79. The van der Waals surface area contributed by atoms with Gasteiger partial charge in [0.2, 0.25) is 0 Å². The van der Waals surface area contributed by atoms with Crippen LogP contribution in [-0.2, 0) is 0 Å². The lowest BCUT2D eigenvalue weighted by molar-refractivity contribution is 0.286. The van der Waals surface area contributed by atoms with Crippen molar-refractivity contribution in [2.75, 3.05) is 13.2 Å². The molecule has 0 aromatic rings. The average Bonchev–Trinajstić information content (AvgIpc) is 1.93. The third kappa shape index (κ3) is 36.7. The molecule has 0 spiro atoms. The van der Waals surface area contributed by atoms with Gasteiger partial charge in [0, 0.05) is 36.3 Å². The van der Waals surface area contributed by atoms with Crippen LogP contribution in [0, 0.1) is 0 Å². The topological polar surface area (TPSA) is 40.5 Å². The Morgan fingerprint density at radius 1 is 0.818 bits per heavy atom. The first-order valence-electron chi connectivity index (χ1n) is 4.05. The van der Waals surface area contributed by atoms with Crippen LogP contribution in [0.2, 0.25) is 0 Å². The summed E-state index contributed by atoms with van der Waals surface area (Å²) in [6, 6.07) is 0. The van der Waals surface area contributed by atoms with Crippen molar-refractivity contribution in [2.24, 2.45) is 0 Å². The maximum Gasteiger partial charge on any atom is 0.0430 e. The monoisotopic (exact) mass is 172 g/mol. The zero-order chi connectivity index (χ0) is 8.24. The Bertz CT molecular complexity index is 33.1. The molecule has 11 heavy (non-hydrogen) atoms. The van der Waals surface area contributed by atoms with Crippen LogP contribution in [0.5, 0.6) is 0 Å². The average molecular weight is 173 g/mol. The van der Waals surface area contributed by atoms with E-state index >= 15 is 0 Å². The molecule has 3 heteroatoms. The summed E-state index contributed by atoms with van der Waals surface area (Å²) in [5.74, 6) is 0. The quantitative estimate of drug-likeness (QED) is 0.625. The summed E-state index contributed by atoms with van der Waals surface area (Å²) < 4.78 is 0. The maximum absolute atomic E-state index is 8.07. The standard InChI is InChI=1S/2C4H10O.Mg/c2*1-2-3-4-5;/h2*5H,2-4H2,1H3;. The van der Waals surface area contributed by atoms with E-state index in [2.05, 4.69) is 13.8 Å². The molecule has 0 fully saturated rings. The van der Waals surface area contributed by atoms with Crippen LogP contribution in [0.4, 0.5) is 0 Å². The Morgan fingerprint density at radius 2 is 1.09 bits per heavy atom. The van der Waals surface area contributed by atoms with Gasteiger partial charge in [0.05, 0.1) is 0 Å². The Hall–Kier alpha value is 0.686. The van der Waals surface area contributed by atoms with Gasteiger partial charge in [0.25, 0.3) is 0 Å². The van der Waals surface area contributed by atoms with Crippen LogP contribution >= 0.6 is 0 Å². The minimum absolute atomic E-state index is 0. The van der Waals surface area contributed by atoms with Gasteiger partial charge in [-0.2, -0.15) is 0 Å². The van der Waals surface area contributed by atoms with Crippen LogP contribution in [0.1, 0.15) is 39.5 Å². The molecule has 0 saturated heterocycles. The second-order valence-electron chi connectivity index (χ2n) is 2.15. The van der Waals surface area contributed by atoms with Crippen molar-refractivity contribution in [2.45, 2.75) is 39.5 Å². The fourth-order valence-corrected chi connectivity index (χ4v) is 0.316. The first-order chi connectivity index (χ1) is 4.83. The molecule has 0 aromatic carbocycles. The summed E-state index contributed by atoms with van der Waals surface area (Å²) in [5.41, 5.74) is 0.